The van der Waals surface area contributed by atoms with Gasteiger partial charge in [-0.2, -0.15) is 0 Å². The van der Waals surface area contributed by atoms with E-state index < -0.39 is 0 Å². The van der Waals surface area contributed by atoms with Gasteiger partial charge in [0.15, 0.2) is 0 Å². The molecule has 0 aliphatic heterocycles. The lowest BCUT2D eigenvalue weighted by atomic mass is 10.2. The molecule has 0 spiro atoms. The highest BCUT2D eigenvalue weighted by Gasteiger charge is 2.16. The van der Waals surface area contributed by atoms with Crippen molar-refractivity contribution < 1.29 is 4.79 Å². The Morgan fingerprint density at radius 1 is 1.15 bits per heavy atom. The highest BCUT2D eigenvalue weighted by Crippen LogP contribution is 2.21. The van der Waals surface area contributed by atoms with E-state index in [1.807, 2.05) is 50.2 Å². The Balaban J connectivity index is 1.59. The largest absolute Gasteiger partial charge is 0.343 e. The smallest absolute Gasteiger partial charge is 0.257 e. The van der Waals surface area contributed by atoms with Gasteiger partial charge in [0.1, 0.15) is 0 Å². The number of nitrogens with one attached hydrogen (secondary N) is 1. The minimum absolute atomic E-state index is 0.104. The summed E-state index contributed by atoms with van der Waals surface area (Å²) in [5, 5.41) is 6.06. The number of carbonyl (C=O) groups is 1. The van der Waals surface area contributed by atoms with Crippen LogP contribution in [0.1, 0.15) is 26.6 Å². The fraction of sp³-hybridized carbons (Fsp3) is 0.143. The first kappa shape index (κ1) is 16.5. The Labute approximate surface area is 156 Å². The SMILES string of the molecule is Cc1cc(C(=O)Nc2cnc3ccccc3c2)c(C)n1Cc1cccs1. The second-order valence-corrected chi connectivity index (χ2v) is 7.35. The van der Waals surface area contributed by atoms with Crippen molar-refractivity contribution in [3.63, 3.8) is 0 Å². The number of anilines is 1. The summed E-state index contributed by atoms with van der Waals surface area (Å²) >= 11 is 1.73. The number of hydrogen-bond acceptors (Lipinski definition) is 3. The number of fused-ring (bicyclic) bond motifs is 1. The van der Waals surface area contributed by atoms with E-state index in [0.717, 1.165) is 28.8 Å². The quantitative estimate of drug-likeness (QED) is 0.555. The maximum absolute atomic E-state index is 12.8. The first-order valence-electron chi connectivity index (χ1n) is 8.47. The van der Waals surface area contributed by atoms with Crippen LogP contribution in [-0.4, -0.2) is 15.5 Å². The first-order valence-corrected chi connectivity index (χ1v) is 9.35. The molecule has 0 unspecified atom stereocenters. The molecule has 5 heteroatoms. The van der Waals surface area contributed by atoms with E-state index in [0.29, 0.717) is 11.3 Å². The molecule has 3 aromatic heterocycles. The molecule has 0 aliphatic carbocycles. The Morgan fingerprint density at radius 3 is 2.81 bits per heavy atom. The van der Waals surface area contributed by atoms with Crippen LogP contribution in [0.5, 0.6) is 0 Å². The third kappa shape index (κ3) is 3.13. The summed E-state index contributed by atoms with van der Waals surface area (Å²) < 4.78 is 2.18. The van der Waals surface area contributed by atoms with Crippen molar-refractivity contribution in [2.75, 3.05) is 5.32 Å². The predicted octanol–water partition coefficient (Wildman–Crippen LogP) is 5.02. The highest BCUT2D eigenvalue weighted by atomic mass is 32.1. The number of para-hydroxylation sites is 1. The molecule has 0 saturated heterocycles. The molecule has 1 aromatic carbocycles. The molecule has 26 heavy (non-hydrogen) atoms. The summed E-state index contributed by atoms with van der Waals surface area (Å²) in [5.41, 5.74) is 4.38. The minimum Gasteiger partial charge on any atom is -0.343 e. The molecule has 4 nitrogen and oxygen atoms in total. The second-order valence-electron chi connectivity index (χ2n) is 6.32. The number of aryl methyl sites for hydroxylation is 1. The molecular weight excluding hydrogens is 342 g/mol. The van der Waals surface area contributed by atoms with Crippen LogP contribution >= 0.6 is 11.3 Å². The summed E-state index contributed by atoms with van der Waals surface area (Å²) in [5.74, 6) is -0.104. The standard InChI is InChI=1S/C21H19N3OS/c1-14-10-19(15(2)24(14)13-18-7-5-9-26-18)21(25)23-17-11-16-6-3-4-8-20(16)22-12-17/h3-12H,13H2,1-2H3,(H,23,25). The normalized spacial score (nSPS) is 11.0. The molecule has 0 atom stereocenters. The third-order valence-electron chi connectivity index (χ3n) is 4.56. The van der Waals surface area contributed by atoms with Gasteiger partial charge in [0, 0.05) is 21.7 Å². The number of hydrogen-bond donors (Lipinski definition) is 1. The monoisotopic (exact) mass is 361 g/mol. The topological polar surface area (TPSA) is 46.9 Å². The van der Waals surface area contributed by atoms with Crippen LogP contribution in [0.2, 0.25) is 0 Å². The summed E-state index contributed by atoms with van der Waals surface area (Å²) in [6.45, 7) is 4.82. The van der Waals surface area contributed by atoms with Crippen LogP contribution in [0.4, 0.5) is 5.69 Å². The minimum atomic E-state index is -0.104. The molecule has 130 valence electrons. The number of amides is 1. The van der Waals surface area contributed by atoms with E-state index in [2.05, 4.69) is 32.4 Å². The van der Waals surface area contributed by atoms with Gasteiger partial charge in [-0.25, -0.2) is 0 Å². The van der Waals surface area contributed by atoms with Gasteiger partial charge in [-0.05, 0) is 43.5 Å². The predicted molar refractivity (Wildman–Crippen MR) is 107 cm³/mol. The van der Waals surface area contributed by atoms with Gasteiger partial charge in [-0.15, -0.1) is 11.3 Å². The van der Waals surface area contributed by atoms with Crippen LogP contribution < -0.4 is 5.32 Å². The number of rotatable bonds is 4. The maximum Gasteiger partial charge on any atom is 0.257 e. The van der Waals surface area contributed by atoms with Gasteiger partial charge in [0.25, 0.3) is 5.91 Å². The van der Waals surface area contributed by atoms with Crippen molar-refractivity contribution in [2.45, 2.75) is 20.4 Å². The van der Waals surface area contributed by atoms with Gasteiger partial charge < -0.3 is 9.88 Å². The first-order chi connectivity index (χ1) is 12.6. The van der Waals surface area contributed by atoms with Gasteiger partial charge >= 0.3 is 0 Å². The van der Waals surface area contributed by atoms with Crippen molar-refractivity contribution >= 4 is 33.8 Å². The molecule has 3 heterocycles. The molecule has 4 rings (SSSR count). The molecule has 1 N–H and O–H groups in total. The molecule has 0 aliphatic rings. The lowest BCUT2D eigenvalue weighted by Gasteiger charge is -2.09. The zero-order valence-electron chi connectivity index (χ0n) is 14.7. The van der Waals surface area contributed by atoms with Crippen molar-refractivity contribution in [1.29, 1.82) is 0 Å². The summed E-state index contributed by atoms with van der Waals surface area (Å²) in [4.78, 5) is 18.5. The van der Waals surface area contributed by atoms with Gasteiger partial charge in [0.05, 0.1) is 29.5 Å². The lowest BCUT2D eigenvalue weighted by Crippen LogP contribution is -2.13. The van der Waals surface area contributed by atoms with E-state index in [-0.39, 0.29) is 5.91 Å². The zero-order chi connectivity index (χ0) is 18.1. The Hall–Kier alpha value is -2.92. The Morgan fingerprint density at radius 2 is 2.00 bits per heavy atom. The van der Waals surface area contributed by atoms with Crippen LogP contribution in [0.15, 0.2) is 60.1 Å². The molecule has 0 fully saturated rings. The Kier molecular flexibility index (Phi) is 4.31. The molecule has 4 aromatic rings. The van der Waals surface area contributed by atoms with Crippen LogP contribution in [0.25, 0.3) is 10.9 Å². The number of benzene rings is 1. The maximum atomic E-state index is 12.8. The van der Waals surface area contributed by atoms with E-state index in [1.165, 1.54) is 4.88 Å². The molecule has 1 amide bonds. The van der Waals surface area contributed by atoms with Crippen molar-refractivity contribution in [3.8, 4) is 0 Å². The summed E-state index contributed by atoms with van der Waals surface area (Å²) in [6, 6.07) is 15.9. The van der Waals surface area contributed by atoms with Gasteiger partial charge in [-0.1, -0.05) is 24.3 Å². The van der Waals surface area contributed by atoms with Crippen molar-refractivity contribution in [2.24, 2.45) is 0 Å². The lowest BCUT2D eigenvalue weighted by molar-refractivity contribution is 0.102. The molecule has 0 radical (unpaired) electrons. The highest BCUT2D eigenvalue weighted by molar-refractivity contribution is 7.09. The van der Waals surface area contributed by atoms with Crippen molar-refractivity contribution in [1.82, 2.24) is 9.55 Å². The zero-order valence-corrected chi connectivity index (χ0v) is 15.5. The van der Waals surface area contributed by atoms with Gasteiger partial charge in [0.2, 0.25) is 0 Å². The third-order valence-corrected chi connectivity index (χ3v) is 5.42. The summed E-state index contributed by atoms with van der Waals surface area (Å²) in [6.07, 6.45) is 1.70. The van der Waals surface area contributed by atoms with Crippen LogP contribution in [0, 0.1) is 13.8 Å². The molecular formula is C21H19N3OS. The number of aromatic nitrogens is 2. The van der Waals surface area contributed by atoms with Crippen molar-refractivity contribution in [3.05, 3.63) is 81.9 Å². The van der Waals surface area contributed by atoms with Crippen LogP contribution in [-0.2, 0) is 6.54 Å². The number of thiophene rings is 1. The molecule has 0 saturated carbocycles. The van der Waals surface area contributed by atoms with E-state index in [9.17, 15) is 4.79 Å². The molecule has 0 bridgehead atoms. The van der Waals surface area contributed by atoms with Gasteiger partial charge in [-0.3, -0.25) is 9.78 Å². The van der Waals surface area contributed by atoms with E-state index in [1.54, 1.807) is 17.5 Å². The summed E-state index contributed by atoms with van der Waals surface area (Å²) in [7, 11) is 0. The second kappa shape index (κ2) is 6.77. The van der Waals surface area contributed by atoms with Crippen LogP contribution in [0.3, 0.4) is 0 Å². The number of carbonyl (C=O) groups excluding carboxylic acids is 1. The average Bonchev–Trinajstić information content (AvgIpc) is 3.25. The Bertz CT molecular complexity index is 1080. The number of pyridine rings is 1. The fourth-order valence-corrected chi connectivity index (χ4v) is 3.86. The van der Waals surface area contributed by atoms with E-state index >= 15 is 0 Å². The number of nitrogens with zero attached hydrogens (tertiary/aromatic N) is 2. The van der Waals surface area contributed by atoms with E-state index in [4.69, 9.17) is 0 Å². The average molecular weight is 361 g/mol. The fourth-order valence-electron chi connectivity index (χ4n) is 3.17.